The van der Waals surface area contributed by atoms with E-state index in [2.05, 4.69) is 36.5 Å². The molecule has 0 spiro atoms. The molecule has 0 heterocycles. The molecule has 0 aliphatic heterocycles. The molecule has 0 fully saturated rings. The highest BCUT2D eigenvalue weighted by molar-refractivity contribution is 5.95. The Morgan fingerprint density at radius 2 is 1.56 bits per heavy atom. The van der Waals surface area contributed by atoms with E-state index in [9.17, 15) is 4.79 Å². The third-order valence-corrected chi connectivity index (χ3v) is 4.15. The number of carbonyl (C=O) groups is 1. The molecule has 0 aliphatic carbocycles. The van der Waals surface area contributed by atoms with Gasteiger partial charge in [-0.3, -0.25) is 4.79 Å². The topological polar surface area (TPSA) is 38.3 Å². The summed E-state index contributed by atoms with van der Waals surface area (Å²) in [5.74, 6) is 0.535. The fraction of sp³-hybridized carbons (Fsp3) is 0.136. The summed E-state index contributed by atoms with van der Waals surface area (Å²) < 4.78 is 5.21. The molecule has 0 bridgehead atoms. The second kappa shape index (κ2) is 7.67. The fourth-order valence-corrected chi connectivity index (χ4v) is 2.74. The minimum Gasteiger partial charge on any atom is -0.497 e. The lowest BCUT2D eigenvalue weighted by molar-refractivity contribution is 0.0942. The molecular formula is C22H21NO2. The molecular weight excluding hydrogens is 310 g/mol. The number of benzene rings is 3. The number of nitrogens with one attached hydrogen (secondary N) is 1. The van der Waals surface area contributed by atoms with Crippen molar-refractivity contribution in [3.05, 3.63) is 101 Å². The summed E-state index contributed by atoms with van der Waals surface area (Å²) >= 11 is 0. The van der Waals surface area contributed by atoms with Crippen LogP contribution >= 0.6 is 0 Å². The molecule has 3 aromatic rings. The number of ether oxygens (including phenoxy) is 1. The number of carbonyl (C=O) groups excluding carboxylic acids is 1. The normalized spacial score (nSPS) is 11.6. The Balaban J connectivity index is 1.92. The Bertz CT molecular complexity index is 841. The van der Waals surface area contributed by atoms with Gasteiger partial charge < -0.3 is 10.1 Å². The average molecular weight is 331 g/mol. The van der Waals surface area contributed by atoms with Crippen LogP contribution in [-0.4, -0.2) is 13.0 Å². The summed E-state index contributed by atoms with van der Waals surface area (Å²) in [6.45, 7) is 2.05. The zero-order valence-electron chi connectivity index (χ0n) is 14.4. The molecule has 0 saturated carbocycles. The molecule has 3 rings (SSSR count). The first-order chi connectivity index (χ1) is 12.2. The quantitative estimate of drug-likeness (QED) is 0.746. The first-order valence-electron chi connectivity index (χ1n) is 8.24. The monoisotopic (exact) mass is 331 g/mol. The van der Waals surface area contributed by atoms with Crippen molar-refractivity contribution >= 4 is 5.91 Å². The number of amides is 1. The molecule has 1 atom stereocenters. The number of hydrogen-bond acceptors (Lipinski definition) is 2. The van der Waals surface area contributed by atoms with Crippen molar-refractivity contribution in [2.75, 3.05) is 7.11 Å². The Morgan fingerprint density at radius 3 is 2.24 bits per heavy atom. The zero-order valence-corrected chi connectivity index (χ0v) is 14.4. The maximum atomic E-state index is 12.8. The first-order valence-corrected chi connectivity index (χ1v) is 8.24. The largest absolute Gasteiger partial charge is 0.497 e. The number of rotatable bonds is 5. The van der Waals surface area contributed by atoms with E-state index in [4.69, 9.17) is 4.74 Å². The van der Waals surface area contributed by atoms with E-state index in [1.807, 2.05) is 42.5 Å². The third kappa shape index (κ3) is 4.07. The van der Waals surface area contributed by atoms with Gasteiger partial charge in [-0.15, -0.1) is 0 Å². The second-order valence-electron chi connectivity index (χ2n) is 5.96. The van der Waals surface area contributed by atoms with Gasteiger partial charge in [-0.25, -0.2) is 0 Å². The Morgan fingerprint density at radius 1 is 0.880 bits per heavy atom. The van der Waals surface area contributed by atoms with E-state index in [0.717, 1.165) is 11.1 Å². The van der Waals surface area contributed by atoms with Crippen LogP contribution in [0.15, 0.2) is 78.9 Å². The van der Waals surface area contributed by atoms with Crippen molar-refractivity contribution < 1.29 is 9.53 Å². The van der Waals surface area contributed by atoms with Gasteiger partial charge in [0.25, 0.3) is 5.91 Å². The van der Waals surface area contributed by atoms with Crippen LogP contribution in [0.2, 0.25) is 0 Å². The minimum atomic E-state index is -0.208. The van der Waals surface area contributed by atoms with Crippen LogP contribution in [0.25, 0.3) is 0 Å². The summed E-state index contributed by atoms with van der Waals surface area (Å²) in [5, 5.41) is 3.14. The number of methoxy groups -OCH3 is 1. The van der Waals surface area contributed by atoms with Gasteiger partial charge in [-0.05, 0) is 36.2 Å². The van der Waals surface area contributed by atoms with Crippen LogP contribution in [0, 0.1) is 6.92 Å². The van der Waals surface area contributed by atoms with Crippen molar-refractivity contribution in [1.82, 2.24) is 5.32 Å². The predicted octanol–water partition coefficient (Wildman–Crippen LogP) is 4.52. The molecule has 3 aromatic carbocycles. The van der Waals surface area contributed by atoms with Crippen molar-refractivity contribution in [2.24, 2.45) is 0 Å². The smallest absolute Gasteiger partial charge is 0.252 e. The summed E-state index contributed by atoms with van der Waals surface area (Å²) in [5.41, 5.74) is 3.86. The van der Waals surface area contributed by atoms with Crippen molar-refractivity contribution in [3.8, 4) is 5.75 Å². The molecule has 0 unspecified atom stereocenters. The Labute approximate surface area is 148 Å². The highest BCUT2D eigenvalue weighted by Crippen LogP contribution is 2.23. The van der Waals surface area contributed by atoms with E-state index in [-0.39, 0.29) is 11.9 Å². The van der Waals surface area contributed by atoms with E-state index in [1.165, 1.54) is 5.56 Å². The number of aryl methyl sites for hydroxylation is 1. The van der Waals surface area contributed by atoms with Crippen LogP contribution in [0.4, 0.5) is 0 Å². The molecule has 3 heteroatoms. The van der Waals surface area contributed by atoms with Gasteiger partial charge >= 0.3 is 0 Å². The third-order valence-electron chi connectivity index (χ3n) is 4.15. The highest BCUT2D eigenvalue weighted by Gasteiger charge is 2.18. The van der Waals surface area contributed by atoms with Crippen LogP contribution < -0.4 is 10.1 Å². The van der Waals surface area contributed by atoms with Crippen molar-refractivity contribution in [2.45, 2.75) is 13.0 Å². The summed E-state index contributed by atoms with van der Waals surface area (Å²) in [6, 6.07) is 25.2. The molecule has 0 aromatic heterocycles. The van der Waals surface area contributed by atoms with Crippen LogP contribution in [-0.2, 0) is 0 Å². The molecule has 0 radical (unpaired) electrons. The summed E-state index contributed by atoms with van der Waals surface area (Å²) in [7, 11) is 1.59. The summed E-state index contributed by atoms with van der Waals surface area (Å²) in [6.07, 6.45) is 0. The van der Waals surface area contributed by atoms with Crippen LogP contribution in [0.3, 0.4) is 0 Å². The Hall–Kier alpha value is -3.07. The van der Waals surface area contributed by atoms with Crippen molar-refractivity contribution in [1.29, 1.82) is 0 Å². The maximum absolute atomic E-state index is 12.8. The molecule has 1 N–H and O–H groups in total. The molecule has 0 saturated heterocycles. The minimum absolute atomic E-state index is 0.131. The van der Waals surface area contributed by atoms with Gasteiger partial charge in [0.05, 0.1) is 13.2 Å². The lowest BCUT2D eigenvalue weighted by atomic mass is 9.97. The van der Waals surface area contributed by atoms with Crippen molar-refractivity contribution in [3.63, 3.8) is 0 Å². The highest BCUT2D eigenvalue weighted by atomic mass is 16.5. The predicted molar refractivity (Wildman–Crippen MR) is 99.9 cm³/mol. The van der Waals surface area contributed by atoms with Gasteiger partial charge in [0.1, 0.15) is 5.75 Å². The standard InChI is InChI=1S/C22H21NO2/c1-16-11-13-18(14-12-16)21(17-7-4-3-5-8-17)23-22(24)19-9-6-10-20(15-19)25-2/h3-15,21H,1-2H3,(H,23,24)/t21-/m1/s1. The van der Waals surface area contributed by atoms with Crippen LogP contribution in [0.1, 0.15) is 33.1 Å². The molecule has 126 valence electrons. The second-order valence-corrected chi connectivity index (χ2v) is 5.96. The van der Waals surface area contributed by atoms with Gasteiger partial charge in [0.2, 0.25) is 0 Å². The van der Waals surface area contributed by atoms with Gasteiger partial charge in [-0.1, -0.05) is 66.2 Å². The molecule has 1 amide bonds. The van der Waals surface area contributed by atoms with E-state index in [0.29, 0.717) is 11.3 Å². The fourth-order valence-electron chi connectivity index (χ4n) is 2.74. The van der Waals surface area contributed by atoms with E-state index >= 15 is 0 Å². The van der Waals surface area contributed by atoms with Crippen LogP contribution in [0.5, 0.6) is 5.75 Å². The lowest BCUT2D eigenvalue weighted by Gasteiger charge is -2.20. The molecule has 3 nitrogen and oxygen atoms in total. The maximum Gasteiger partial charge on any atom is 0.252 e. The van der Waals surface area contributed by atoms with Gasteiger partial charge in [0, 0.05) is 5.56 Å². The average Bonchev–Trinajstić information content (AvgIpc) is 2.67. The van der Waals surface area contributed by atoms with E-state index in [1.54, 1.807) is 19.2 Å². The molecule has 0 aliphatic rings. The summed E-state index contributed by atoms with van der Waals surface area (Å²) in [4.78, 5) is 12.8. The first kappa shape index (κ1) is 16.8. The molecule has 25 heavy (non-hydrogen) atoms. The Kier molecular flexibility index (Phi) is 5.14. The van der Waals surface area contributed by atoms with Gasteiger partial charge in [0.15, 0.2) is 0 Å². The zero-order chi connectivity index (χ0) is 17.6. The lowest BCUT2D eigenvalue weighted by Crippen LogP contribution is -2.29. The SMILES string of the molecule is COc1cccc(C(=O)N[C@H](c2ccccc2)c2ccc(C)cc2)c1. The number of hydrogen-bond donors (Lipinski definition) is 1. The van der Waals surface area contributed by atoms with E-state index < -0.39 is 0 Å². The van der Waals surface area contributed by atoms with Gasteiger partial charge in [-0.2, -0.15) is 0 Å².